The molecule has 0 radical (unpaired) electrons. The summed E-state index contributed by atoms with van der Waals surface area (Å²) in [6, 6.07) is -0.991. The molecule has 0 aliphatic carbocycles. The predicted octanol–water partition coefficient (Wildman–Crippen LogP) is 9.46. The molecule has 1 amide bonds. The molecule has 6 atom stereocenters. The van der Waals surface area contributed by atoms with Crippen LogP contribution in [0.3, 0.4) is 0 Å². The summed E-state index contributed by atoms with van der Waals surface area (Å²) < 4.78 is 74.1. The van der Waals surface area contributed by atoms with E-state index in [4.69, 9.17) is 61.6 Å². The summed E-state index contributed by atoms with van der Waals surface area (Å²) in [5, 5.41) is 32.4. The summed E-state index contributed by atoms with van der Waals surface area (Å²) in [6.07, 6.45) is 33.0. The lowest BCUT2D eigenvalue weighted by Crippen LogP contribution is -2.64. The summed E-state index contributed by atoms with van der Waals surface area (Å²) in [4.78, 5) is 11.5. The van der Waals surface area contributed by atoms with Crippen molar-refractivity contribution >= 4 is 5.91 Å². The SMILES string of the molecule is CCCCCCCCCCCCCCCCOCC(COCCOCCOCCOCCOCCOCCOCCOCCOCCO[C@@H]1O[C@H](CO)[C@@H](O)[C@H](O)[C@H]1NC(C)=O)OCCCCCCCCCCCCCCCC. The second kappa shape index (κ2) is 61.4. The number of nitrogens with one attached hydrogen (secondary N) is 1. The van der Waals surface area contributed by atoms with Gasteiger partial charge in [-0.1, -0.05) is 181 Å². The van der Waals surface area contributed by atoms with Gasteiger partial charge in [-0.25, -0.2) is 0 Å². The Hall–Kier alpha value is -1.17. The van der Waals surface area contributed by atoms with Crippen LogP contribution >= 0.6 is 0 Å². The van der Waals surface area contributed by atoms with Crippen LogP contribution in [-0.2, 0) is 66.4 Å². The van der Waals surface area contributed by atoms with E-state index in [0.717, 1.165) is 26.1 Å². The van der Waals surface area contributed by atoms with E-state index < -0.39 is 43.2 Å². The number of hydrogen-bond donors (Lipinski definition) is 4. The van der Waals surface area contributed by atoms with Crippen LogP contribution < -0.4 is 5.32 Å². The third-order valence-electron chi connectivity index (χ3n) is 13.8. The average Bonchev–Trinajstić information content (AvgIpc) is 3.46. The van der Waals surface area contributed by atoms with Gasteiger partial charge in [0.15, 0.2) is 6.29 Å². The fraction of sp³-hybridized carbons (Fsp3) is 0.984. The maximum absolute atomic E-state index is 11.5. The van der Waals surface area contributed by atoms with Crippen molar-refractivity contribution in [2.75, 3.05) is 152 Å². The van der Waals surface area contributed by atoms with Gasteiger partial charge in [-0.05, 0) is 12.8 Å². The Balaban J connectivity index is 1.98. The van der Waals surface area contributed by atoms with Crippen molar-refractivity contribution < 1.29 is 81.7 Å². The zero-order chi connectivity index (χ0) is 57.0. The summed E-state index contributed by atoms with van der Waals surface area (Å²) in [6.45, 7) is 15.5. The second-order valence-corrected chi connectivity index (χ2v) is 21.0. The summed E-state index contributed by atoms with van der Waals surface area (Å²) in [7, 11) is 0. The lowest BCUT2D eigenvalue weighted by Gasteiger charge is -2.42. The molecule has 18 heteroatoms. The molecule has 0 bridgehead atoms. The smallest absolute Gasteiger partial charge is 0.217 e. The molecule has 18 nitrogen and oxygen atoms in total. The van der Waals surface area contributed by atoms with Crippen molar-refractivity contribution in [3.8, 4) is 0 Å². The molecular weight excluding hydrogens is 1020 g/mol. The van der Waals surface area contributed by atoms with Crippen molar-refractivity contribution in [3.63, 3.8) is 0 Å². The first-order chi connectivity index (χ1) is 38.9. The largest absolute Gasteiger partial charge is 0.394 e. The molecule has 1 unspecified atom stereocenters. The molecule has 4 N–H and O–H groups in total. The summed E-state index contributed by atoms with van der Waals surface area (Å²) in [5.74, 6) is -0.417. The minimum absolute atomic E-state index is 0.0561. The molecule has 0 spiro atoms. The van der Waals surface area contributed by atoms with E-state index in [-0.39, 0.29) is 19.3 Å². The fourth-order valence-corrected chi connectivity index (χ4v) is 9.11. The number of hydrogen-bond acceptors (Lipinski definition) is 17. The van der Waals surface area contributed by atoms with Crippen LogP contribution in [0.25, 0.3) is 0 Å². The second-order valence-electron chi connectivity index (χ2n) is 21.0. The number of carbonyl (C=O) groups excluding carboxylic acids is 1. The Labute approximate surface area is 480 Å². The number of rotatable bonds is 65. The Morgan fingerprint density at radius 2 is 0.684 bits per heavy atom. The fourth-order valence-electron chi connectivity index (χ4n) is 9.11. The Morgan fingerprint density at radius 1 is 0.392 bits per heavy atom. The van der Waals surface area contributed by atoms with Gasteiger partial charge in [-0.3, -0.25) is 4.79 Å². The number of aliphatic hydroxyl groups excluding tert-OH is 3. The molecule has 0 aromatic heterocycles. The van der Waals surface area contributed by atoms with Crippen LogP contribution in [0.4, 0.5) is 0 Å². The molecule has 1 saturated heterocycles. The van der Waals surface area contributed by atoms with E-state index in [1.54, 1.807) is 0 Å². The van der Waals surface area contributed by atoms with Gasteiger partial charge in [-0.2, -0.15) is 0 Å². The topological polar surface area (TPSA) is 210 Å². The minimum atomic E-state index is -1.36. The molecule has 1 rings (SSSR count). The van der Waals surface area contributed by atoms with Gasteiger partial charge < -0.3 is 82.2 Å². The molecular formula is C61H121NO17. The van der Waals surface area contributed by atoms with Crippen LogP contribution in [0, 0.1) is 0 Å². The highest BCUT2D eigenvalue weighted by molar-refractivity contribution is 5.73. The highest BCUT2D eigenvalue weighted by atomic mass is 16.7. The highest BCUT2D eigenvalue weighted by Gasteiger charge is 2.45. The van der Waals surface area contributed by atoms with Gasteiger partial charge in [0.2, 0.25) is 5.91 Å². The van der Waals surface area contributed by atoms with Crippen LogP contribution in [0.1, 0.15) is 201 Å². The molecule has 472 valence electrons. The first-order valence-corrected chi connectivity index (χ1v) is 31.8. The first kappa shape index (κ1) is 75.8. The standard InChI is InChI=1S/C61H121NO17/c1-4-6-8-10-12-14-16-18-20-22-24-26-28-30-32-75-53-56(77-33-31-29-27-25-23-21-19-17-15-13-11-9-7-5-2)54-76-49-48-73-45-44-71-41-40-69-37-36-67-34-35-68-38-39-70-42-43-72-46-47-74-50-51-78-61-58(62-55(3)64)60(66)59(65)57(52-63)79-61/h56-61,63,65-66H,4-54H2,1-3H3,(H,62,64)/t56?,57-,58-,59-,60-,61-/m1/s1. The molecule has 79 heavy (non-hydrogen) atoms. The summed E-state index contributed by atoms with van der Waals surface area (Å²) in [5.41, 5.74) is 0. The van der Waals surface area contributed by atoms with Crippen LogP contribution in [0.15, 0.2) is 0 Å². The van der Waals surface area contributed by atoms with Gasteiger partial charge in [0, 0.05) is 20.1 Å². The molecule has 1 heterocycles. The van der Waals surface area contributed by atoms with E-state index >= 15 is 0 Å². The lowest BCUT2D eigenvalue weighted by atomic mass is 9.97. The maximum atomic E-state index is 11.5. The Bertz CT molecular complexity index is 1220. The number of unbranched alkanes of at least 4 members (excludes halogenated alkanes) is 26. The quantitative estimate of drug-likeness (QED) is 0.0418. The number of aliphatic hydroxyl groups is 3. The van der Waals surface area contributed by atoms with Crippen LogP contribution in [0.5, 0.6) is 0 Å². The van der Waals surface area contributed by atoms with Gasteiger partial charge in [0.1, 0.15) is 30.5 Å². The normalized spacial score (nSPS) is 18.0. The van der Waals surface area contributed by atoms with Crippen LogP contribution in [0.2, 0.25) is 0 Å². The third kappa shape index (κ3) is 51.0. The molecule has 1 aliphatic rings. The van der Waals surface area contributed by atoms with Crippen LogP contribution in [-0.4, -0.2) is 210 Å². The van der Waals surface area contributed by atoms with Crippen molar-refractivity contribution in [3.05, 3.63) is 0 Å². The molecule has 0 saturated carbocycles. The predicted molar refractivity (Wildman–Crippen MR) is 310 cm³/mol. The zero-order valence-electron chi connectivity index (χ0n) is 50.6. The molecule has 0 aromatic rings. The average molecular weight is 1140 g/mol. The number of ether oxygens (including phenoxy) is 13. The molecule has 1 fully saturated rings. The summed E-state index contributed by atoms with van der Waals surface area (Å²) >= 11 is 0. The van der Waals surface area contributed by atoms with E-state index in [0.29, 0.717) is 119 Å². The van der Waals surface area contributed by atoms with Gasteiger partial charge in [0.25, 0.3) is 0 Å². The van der Waals surface area contributed by atoms with Crippen molar-refractivity contribution in [2.24, 2.45) is 0 Å². The van der Waals surface area contributed by atoms with E-state index in [1.807, 2.05) is 0 Å². The van der Waals surface area contributed by atoms with Crippen molar-refractivity contribution in [1.82, 2.24) is 5.32 Å². The Kier molecular flexibility index (Phi) is 58.9. The van der Waals surface area contributed by atoms with E-state index in [1.165, 1.54) is 174 Å². The van der Waals surface area contributed by atoms with E-state index in [2.05, 4.69) is 19.2 Å². The van der Waals surface area contributed by atoms with Gasteiger partial charge in [0.05, 0.1) is 139 Å². The van der Waals surface area contributed by atoms with Gasteiger partial charge >= 0.3 is 0 Å². The molecule has 1 aliphatic heterocycles. The van der Waals surface area contributed by atoms with Gasteiger partial charge in [-0.15, -0.1) is 0 Å². The highest BCUT2D eigenvalue weighted by Crippen LogP contribution is 2.22. The van der Waals surface area contributed by atoms with Crippen molar-refractivity contribution in [2.45, 2.75) is 237 Å². The Morgan fingerprint density at radius 3 is 1.01 bits per heavy atom. The lowest BCUT2D eigenvalue weighted by molar-refractivity contribution is -0.272. The minimum Gasteiger partial charge on any atom is -0.394 e. The van der Waals surface area contributed by atoms with Crippen molar-refractivity contribution in [1.29, 1.82) is 0 Å². The zero-order valence-corrected chi connectivity index (χ0v) is 50.6. The number of amides is 1. The van der Waals surface area contributed by atoms with E-state index in [9.17, 15) is 20.1 Å². The maximum Gasteiger partial charge on any atom is 0.217 e. The first-order valence-electron chi connectivity index (χ1n) is 31.8. The number of carbonyl (C=O) groups is 1. The molecule has 0 aromatic carbocycles. The third-order valence-corrected chi connectivity index (χ3v) is 13.8. The monoisotopic (exact) mass is 1140 g/mol.